The summed E-state index contributed by atoms with van der Waals surface area (Å²) in [5, 5.41) is 12.5. The first-order valence-corrected chi connectivity index (χ1v) is 9.97. The maximum atomic E-state index is 12.3. The van der Waals surface area contributed by atoms with E-state index in [1.165, 1.54) is 13.1 Å². The molecule has 142 valence electrons. The molecule has 0 aromatic heterocycles. The van der Waals surface area contributed by atoms with Crippen LogP contribution < -0.4 is 5.32 Å². The minimum atomic E-state index is -3.56. The van der Waals surface area contributed by atoms with Crippen LogP contribution in [0.4, 0.5) is 4.79 Å². The maximum absolute atomic E-state index is 12.3. The lowest BCUT2D eigenvalue weighted by atomic mass is 9.84. The number of aliphatic imine (C=N–C) groups is 1. The normalized spacial score (nSPS) is 19.1. The molecule has 2 amide bonds. The second kappa shape index (κ2) is 7.01. The summed E-state index contributed by atoms with van der Waals surface area (Å²) in [6.07, 6.45) is 1.12. The van der Waals surface area contributed by atoms with E-state index in [2.05, 4.69) is 10.3 Å². The summed E-state index contributed by atoms with van der Waals surface area (Å²) < 4.78 is 30.2. The Balaban J connectivity index is 2.25. The Morgan fingerprint density at radius 2 is 1.81 bits per heavy atom. The molecule has 9 heteroatoms. The molecule has 1 aliphatic rings. The van der Waals surface area contributed by atoms with Gasteiger partial charge in [-0.15, -0.1) is 5.06 Å². The number of hydrogen-bond donors (Lipinski definition) is 2. The summed E-state index contributed by atoms with van der Waals surface area (Å²) in [5.41, 5.74) is -0.161. The molecule has 1 aliphatic heterocycles. The minimum absolute atomic E-state index is 0.0765. The van der Waals surface area contributed by atoms with Crippen molar-refractivity contribution in [2.75, 3.05) is 19.9 Å². The molecular formula is C18H19N3O5S. The zero-order valence-electron chi connectivity index (χ0n) is 14.8. The Labute approximate surface area is 157 Å². The quantitative estimate of drug-likeness (QED) is 0.614. The Hall–Kier alpha value is -2.91. The number of nitrogens with one attached hydrogen (secondary N) is 1. The number of urea groups is 1. The van der Waals surface area contributed by atoms with Gasteiger partial charge in [-0.25, -0.2) is 18.2 Å². The van der Waals surface area contributed by atoms with Crippen LogP contribution in [0.3, 0.4) is 0 Å². The summed E-state index contributed by atoms with van der Waals surface area (Å²) in [4.78, 5) is 16.3. The van der Waals surface area contributed by atoms with Crippen molar-refractivity contribution in [3.63, 3.8) is 0 Å². The number of rotatable bonds is 3. The van der Waals surface area contributed by atoms with Crippen molar-refractivity contribution >= 4 is 21.9 Å². The van der Waals surface area contributed by atoms with E-state index in [-0.39, 0.29) is 22.6 Å². The van der Waals surface area contributed by atoms with E-state index in [4.69, 9.17) is 4.74 Å². The predicted octanol–water partition coefficient (Wildman–Crippen LogP) is 1.75. The molecule has 0 bridgehead atoms. The number of hydrogen-bond acceptors (Lipinski definition) is 6. The molecule has 8 nitrogen and oxygen atoms in total. The zero-order chi connectivity index (χ0) is 19.7. The fourth-order valence-electron chi connectivity index (χ4n) is 2.98. The van der Waals surface area contributed by atoms with Gasteiger partial charge in [0.2, 0.25) is 0 Å². The molecule has 27 heavy (non-hydrogen) atoms. The average molecular weight is 389 g/mol. The molecule has 0 aliphatic carbocycles. The van der Waals surface area contributed by atoms with Crippen molar-refractivity contribution in [3.8, 4) is 0 Å². The van der Waals surface area contributed by atoms with Crippen LogP contribution >= 0.6 is 0 Å². The number of ether oxygens (including phenoxy) is 1. The highest BCUT2D eigenvalue weighted by Crippen LogP contribution is 2.41. The van der Waals surface area contributed by atoms with Gasteiger partial charge in [-0.3, -0.25) is 5.21 Å². The zero-order valence-corrected chi connectivity index (χ0v) is 15.6. The van der Waals surface area contributed by atoms with Crippen LogP contribution in [-0.2, 0) is 20.1 Å². The molecule has 1 atom stereocenters. The van der Waals surface area contributed by atoms with Crippen molar-refractivity contribution in [2.24, 2.45) is 4.99 Å². The number of benzene rings is 2. The van der Waals surface area contributed by atoms with Crippen LogP contribution in [-0.4, -0.2) is 50.7 Å². The molecule has 0 saturated heterocycles. The largest absolute Gasteiger partial charge is 0.460 e. The highest BCUT2D eigenvalue weighted by Gasteiger charge is 2.45. The Morgan fingerprint density at radius 1 is 1.19 bits per heavy atom. The Kier molecular flexibility index (Phi) is 4.90. The fraction of sp³-hybridized carbons (Fsp3) is 0.222. The summed E-state index contributed by atoms with van der Waals surface area (Å²) >= 11 is 0. The van der Waals surface area contributed by atoms with Gasteiger partial charge in [0.25, 0.3) is 0 Å². The lowest BCUT2D eigenvalue weighted by molar-refractivity contribution is 0.00431. The number of nitrogens with zero attached hydrogens (tertiary/aromatic N) is 2. The second-order valence-electron chi connectivity index (χ2n) is 6.04. The third kappa shape index (κ3) is 3.38. The second-order valence-corrected chi connectivity index (χ2v) is 8.03. The molecule has 2 N–H and O–H groups in total. The highest BCUT2D eigenvalue weighted by atomic mass is 32.2. The molecule has 0 fully saturated rings. The number of carbonyl (C=O) groups excluding carboxylic acids is 1. The van der Waals surface area contributed by atoms with Crippen LogP contribution in [0.15, 0.2) is 64.5 Å². The van der Waals surface area contributed by atoms with Crippen molar-refractivity contribution in [2.45, 2.75) is 10.4 Å². The van der Waals surface area contributed by atoms with Gasteiger partial charge in [0.1, 0.15) is 6.61 Å². The Bertz CT molecular complexity index is 991. The first-order chi connectivity index (χ1) is 12.8. The monoisotopic (exact) mass is 389 g/mol. The van der Waals surface area contributed by atoms with E-state index in [1.807, 2.05) is 6.07 Å². The summed E-state index contributed by atoms with van der Waals surface area (Å²) in [6.45, 7) is -0.0765. The van der Waals surface area contributed by atoms with Crippen LogP contribution in [0.5, 0.6) is 0 Å². The third-order valence-corrected chi connectivity index (χ3v) is 5.42. The molecule has 2 aromatic carbocycles. The maximum Gasteiger partial charge on any atom is 0.349 e. The van der Waals surface area contributed by atoms with Gasteiger partial charge >= 0.3 is 12.1 Å². The molecule has 2 aromatic rings. The molecular weight excluding hydrogens is 370 g/mol. The molecule has 0 saturated carbocycles. The number of sulfone groups is 1. The van der Waals surface area contributed by atoms with E-state index in [0.29, 0.717) is 11.1 Å². The molecule has 1 heterocycles. The van der Waals surface area contributed by atoms with Crippen LogP contribution in [0.1, 0.15) is 11.1 Å². The predicted molar refractivity (Wildman–Crippen MR) is 98.2 cm³/mol. The first kappa shape index (κ1) is 18.9. The summed E-state index contributed by atoms with van der Waals surface area (Å²) in [7, 11) is -2.20. The summed E-state index contributed by atoms with van der Waals surface area (Å²) in [5.74, 6) is 0. The van der Waals surface area contributed by atoms with E-state index in [0.717, 1.165) is 6.26 Å². The van der Waals surface area contributed by atoms with Gasteiger partial charge in [-0.2, -0.15) is 0 Å². The van der Waals surface area contributed by atoms with E-state index < -0.39 is 21.4 Å². The van der Waals surface area contributed by atoms with Gasteiger partial charge in [-0.05, 0) is 11.6 Å². The van der Waals surface area contributed by atoms with Gasteiger partial charge in [0, 0.05) is 18.9 Å². The number of hydroxylamine groups is 2. The lowest BCUT2D eigenvalue weighted by Gasteiger charge is -2.27. The van der Waals surface area contributed by atoms with Crippen LogP contribution in [0.2, 0.25) is 0 Å². The lowest BCUT2D eigenvalue weighted by Crippen LogP contribution is -2.40. The van der Waals surface area contributed by atoms with E-state index >= 15 is 0 Å². The average Bonchev–Trinajstić information content (AvgIpc) is 3.13. The molecule has 0 radical (unpaired) electrons. The number of carbonyl (C=O) groups is 1. The van der Waals surface area contributed by atoms with Gasteiger partial charge in [0.05, 0.1) is 4.90 Å². The molecule has 1 unspecified atom stereocenters. The third-order valence-electron chi connectivity index (χ3n) is 4.27. The van der Waals surface area contributed by atoms with Crippen molar-refractivity contribution in [3.05, 3.63) is 65.7 Å². The first-order valence-electron chi connectivity index (χ1n) is 8.08. The SMILES string of the molecule is CNC(=O)N(O)C1=NC(c2ccccc2)(c2ccccc2S(C)(=O)=O)CO1. The van der Waals surface area contributed by atoms with Crippen molar-refractivity contribution < 1.29 is 23.2 Å². The highest BCUT2D eigenvalue weighted by molar-refractivity contribution is 7.90. The van der Waals surface area contributed by atoms with Gasteiger partial charge < -0.3 is 10.1 Å². The Morgan fingerprint density at radius 3 is 2.44 bits per heavy atom. The molecule has 0 spiro atoms. The fourth-order valence-corrected chi connectivity index (χ4v) is 3.95. The van der Waals surface area contributed by atoms with Crippen molar-refractivity contribution in [1.82, 2.24) is 10.4 Å². The smallest absolute Gasteiger partial charge is 0.349 e. The van der Waals surface area contributed by atoms with Gasteiger partial charge in [-0.1, -0.05) is 48.5 Å². The topological polar surface area (TPSA) is 108 Å². The number of amides is 2. The van der Waals surface area contributed by atoms with Crippen molar-refractivity contribution in [1.29, 1.82) is 0 Å². The summed E-state index contributed by atoms with van der Waals surface area (Å²) in [6, 6.07) is 14.3. The van der Waals surface area contributed by atoms with Gasteiger partial charge in [0.15, 0.2) is 15.4 Å². The van der Waals surface area contributed by atoms with Crippen LogP contribution in [0, 0.1) is 0 Å². The number of amidine groups is 1. The van der Waals surface area contributed by atoms with E-state index in [1.54, 1.807) is 42.5 Å². The van der Waals surface area contributed by atoms with E-state index in [9.17, 15) is 18.4 Å². The van der Waals surface area contributed by atoms with Crippen LogP contribution in [0.25, 0.3) is 0 Å². The molecule has 3 rings (SSSR count). The minimum Gasteiger partial charge on any atom is -0.460 e. The standard InChI is InChI=1S/C18H19N3O5S/c1-19-16(22)21(23)17-20-18(12-26-17,13-8-4-3-5-9-13)14-10-6-7-11-15(14)27(2,24)25/h3-11,23H,12H2,1-2H3,(H,19,22).